The molecular weight excluding hydrogens is 248 g/mol. The van der Waals surface area contributed by atoms with Crippen molar-refractivity contribution in [2.75, 3.05) is 18.1 Å². The second-order valence-electron chi connectivity index (χ2n) is 4.11. The van der Waals surface area contributed by atoms with E-state index in [9.17, 15) is 9.00 Å². The number of hydrogen-bond donors (Lipinski definition) is 2. The maximum atomic E-state index is 11.2. The van der Waals surface area contributed by atoms with E-state index < -0.39 is 16.7 Å². The van der Waals surface area contributed by atoms with Crippen LogP contribution >= 0.6 is 0 Å². The van der Waals surface area contributed by atoms with E-state index in [4.69, 9.17) is 5.73 Å². The van der Waals surface area contributed by atoms with Crippen LogP contribution in [0.5, 0.6) is 0 Å². The molecular formula is C13H20N2O2S. The van der Waals surface area contributed by atoms with Gasteiger partial charge in [-0.15, -0.1) is 0 Å². The molecule has 100 valence electrons. The fourth-order valence-electron chi connectivity index (χ4n) is 1.60. The molecule has 0 aromatic heterocycles. The Morgan fingerprint density at radius 2 is 2.17 bits per heavy atom. The molecule has 0 aliphatic carbocycles. The van der Waals surface area contributed by atoms with E-state index in [0.29, 0.717) is 23.6 Å². The number of carbonyl (C=O) groups is 1. The maximum absolute atomic E-state index is 11.2. The van der Waals surface area contributed by atoms with Crippen LogP contribution in [-0.2, 0) is 17.3 Å². The molecule has 0 aliphatic heterocycles. The molecule has 0 bridgehead atoms. The van der Waals surface area contributed by atoms with Crippen LogP contribution in [0.4, 0.5) is 0 Å². The first-order valence-electron chi connectivity index (χ1n) is 5.99. The van der Waals surface area contributed by atoms with Crippen LogP contribution in [0.2, 0.25) is 0 Å². The number of primary amides is 1. The summed E-state index contributed by atoms with van der Waals surface area (Å²) >= 11 is 0. The molecule has 0 aliphatic rings. The molecule has 3 N–H and O–H groups in total. The zero-order chi connectivity index (χ0) is 13.5. The average Bonchev–Trinajstić information content (AvgIpc) is 2.35. The predicted octanol–water partition coefficient (Wildman–Crippen LogP) is 0.952. The quantitative estimate of drug-likeness (QED) is 0.723. The summed E-state index contributed by atoms with van der Waals surface area (Å²) in [4.78, 5) is 11.0. The first-order valence-corrected chi connectivity index (χ1v) is 7.48. The van der Waals surface area contributed by atoms with Crippen LogP contribution in [0.1, 0.15) is 28.4 Å². The number of nitrogens with one attached hydrogen (secondary N) is 1. The second-order valence-corrected chi connectivity index (χ2v) is 5.98. The summed E-state index contributed by atoms with van der Waals surface area (Å²) in [6.07, 6.45) is 0. The number of benzene rings is 1. The Bertz CT molecular complexity index is 447. The number of nitrogens with two attached hydrogens (primary N) is 1. The molecule has 0 saturated carbocycles. The first kappa shape index (κ1) is 14.9. The fourth-order valence-corrected chi connectivity index (χ4v) is 2.26. The van der Waals surface area contributed by atoms with Crippen molar-refractivity contribution >= 4 is 16.7 Å². The van der Waals surface area contributed by atoms with Crippen molar-refractivity contribution in [3.8, 4) is 0 Å². The Labute approximate surface area is 110 Å². The van der Waals surface area contributed by atoms with E-state index in [2.05, 4.69) is 5.32 Å². The minimum atomic E-state index is -0.724. The smallest absolute Gasteiger partial charge is 0.248 e. The van der Waals surface area contributed by atoms with Gasteiger partial charge in [-0.1, -0.05) is 13.0 Å². The van der Waals surface area contributed by atoms with Crippen molar-refractivity contribution in [1.82, 2.24) is 5.32 Å². The van der Waals surface area contributed by atoms with Crippen molar-refractivity contribution in [1.29, 1.82) is 0 Å². The van der Waals surface area contributed by atoms with Crippen LogP contribution < -0.4 is 11.1 Å². The van der Waals surface area contributed by atoms with Gasteiger partial charge >= 0.3 is 0 Å². The number of rotatable bonds is 7. The van der Waals surface area contributed by atoms with Crippen LogP contribution in [0.3, 0.4) is 0 Å². The van der Waals surface area contributed by atoms with Crippen LogP contribution in [0.25, 0.3) is 0 Å². The lowest BCUT2D eigenvalue weighted by Gasteiger charge is -2.08. The van der Waals surface area contributed by atoms with Crippen molar-refractivity contribution in [3.05, 3.63) is 34.9 Å². The molecule has 18 heavy (non-hydrogen) atoms. The number of carbonyl (C=O) groups excluding carboxylic acids is 1. The Morgan fingerprint density at radius 1 is 1.44 bits per heavy atom. The van der Waals surface area contributed by atoms with Gasteiger partial charge in [-0.2, -0.15) is 0 Å². The third kappa shape index (κ3) is 4.58. The van der Waals surface area contributed by atoms with Crippen LogP contribution in [0, 0.1) is 6.92 Å². The monoisotopic (exact) mass is 268 g/mol. The third-order valence-corrected chi connectivity index (χ3v) is 4.07. The van der Waals surface area contributed by atoms with Gasteiger partial charge in [-0.25, -0.2) is 0 Å². The molecule has 1 unspecified atom stereocenters. The lowest BCUT2D eigenvalue weighted by atomic mass is 10.0. The van der Waals surface area contributed by atoms with Crippen LogP contribution in [-0.4, -0.2) is 28.2 Å². The van der Waals surface area contributed by atoms with Crippen LogP contribution in [0.15, 0.2) is 18.2 Å². The molecule has 0 spiro atoms. The molecule has 1 rings (SSSR count). The molecule has 4 nitrogen and oxygen atoms in total. The van der Waals surface area contributed by atoms with Gasteiger partial charge in [0.2, 0.25) is 5.91 Å². The van der Waals surface area contributed by atoms with Crippen molar-refractivity contribution in [3.63, 3.8) is 0 Å². The van der Waals surface area contributed by atoms with E-state index >= 15 is 0 Å². The van der Waals surface area contributed by atoms with E-state index in [1.165, 1.54) is 0 Å². The minimum Gasteiger partial charge on any atom is -0.366 e. The lowest BCUT2D eigenvalue weighted by molar-refractivity contribution is 0.1000. The molecule has 1 amide bonds. The Kier molecular flexibility index (Phi) is 6.01. The zero-order valence-electron chi connectivity index (χ0n) is 10.9. The normalized spacial score (nSPS) is 12.3. The fraction of sp³-hybridized carbons (Fsp3) is 0.462. The Morgan fingerprint density at radius 3 is 2.72 bits per heavy atom. The second kappa shape index (κ2) is 7.28. The summed E-state index contributed by atoms with van der Waals surface area (Å²) < 4.78 is 11.2. The zero-order valence-corrected chi connectivity index (χ0v) is 11.7. The Balaban J connectivity index is 2.48. The number of hydrogen-bond acceptors (Lipinski definition) is 3. The molecule has 0 radical (unpaired) electrons. The molecule has 5 heteroatoms. The Hall–Kier alpha value is -1.20. The maximum Gasteiger partial charge on any atom is 0.248 e. The molecule has 0 fully saturated rings. The summed E-state index contributed by atoms with van der Waals surface area (Å²) in [6.45, 7) is 5.32. The molecule has 1 aromatic rings. The van der Waals surface area contributed by atoms with E-state index in [1.807, 2.05) is 19.9 Å². The highest BCUT2D eigenvalue weighted by molar-refractivity contribution is 7.84. The topological polar surface area (TPSA) is 72.2 Å². The van der Waals surface area contributed by atoms with Gasteiger partial charge in [0.1, 0.15) is 0 Å². The highest BCUT2D eigenvalue weighted by Crippen LogP contribution is 2.10. The summed E-state index contributed by atoms with van der Waals surface area (Å²) in [6, 6.07) is 5.43. The van der Waals surface area contributed by atoms with E-state index in [-0.39, 0.29) is 0 Å². The van der Waals surface area contributed by atoms with Gasteiger partial charge in [0.15, 0.2) is 0 Å². The van der Waals surface area contributed by atoms with Gasteiger partial charge in [0.25, 0.3) is 0 Å². The molecule has 1 atom stereocenters. The summed E-state index contributed by atoms with van der Waals surface area (Å²) in [5.74, 6) is 0.971. The highest BCUT2D eigenvalue weighted by atomic mass is 32.2. The third-order valence-electron chi connectivity index (χ3n) is 2.77. The van der Waals surface area contributed by atoms with E-state index in [0.717, 1.165) is 17.7 Å². The summed E-state index contributed by atoms with van der Waals surface area (Å²) in [5.41, 5.74) is 7.91. The first-order chi connectivity index (χ1) is 8.54. The molecule has 0 saturated heterocycles. The number of amides is 1. The SMILES string of the molecule is CCS(=O)CCNCc1ccc(C(N)=O)cc1C. The number of aryl methyl sites for hydroxylation is 1. The van der Waals surface area contributed by atoms with Gasteiger partial charge < -0.3 is 11.1 Å². The van der Waals surface area contributed by atoms with Crippen molar-refractivity contribution < 1.29 is 9.00 Å². The lowest BCUT2D eigenvalue weighted by Crippen LogP contribution is -2.21. The molecule has 0 heterocycles. The standard InChI is InChI=1S/C13H20N2O2S/c1-3-18(17)7-6-15-9-12-5-4-11(13(14)16)8-10(12)2/h4-5,8,15H,3,6-7,9H2,1-2H3,(H2,14,16). The van der Waals surface area contributed by atoms with Crippen molar-refractivity contribution in [2.24, 2.45) is 5.73 Å². The van der Waals surface area contributed by atoms with Crippen molar-refractivity contribution in [2.45, 2.75) is 20.4 Å². The average molecular weight is 268 g/mol. The summed E-state index contributed by atoms with van der Waals surface area (Å²) in [7, 11) is -0.724. The molecule has 1 aromatic carbocycles. The van der Waals surface area contributed by atoms with Gasteiger partial charge in [0, 0.05) is 41.0 Å². The van der Waals surface area contributed by atoms with Gasteiger partial charge in [0.05, 0.1) is 0 Å². The predicted molar refractivity (Wildman–Crippen MR) is 75.0 cm³/mol. The largest absolute Gasteiger partial charge is 0.366 e. The van der Waals surface area contributed by atoms with Gasteiger partial charge in [-0.3, -0.25) is 9.00 Å². The summed E-state index contributed by atoms with van der Waals surface area (Å²) in [5, 5.41) is 3.25. The van der Waals surface area contributed by atoms with E-state index in [1.54, 1.807) is 12.1 Å². The minimum absolute atomic E-state index is 0.407. The van der Waals surface area contributed by atoms with Gasteiger partial charge in [-0.05, 0) is 30.2 Å². The highest BCUT2D eigenvalue weighted by Gasteiger charge is 2.04.